The third-order valence-corrected chi connectivity index (χ3v) is 18.3. The second-order valence-electron chi connectivity index (χ2n) is 25.0. The predicted molar refractivity (Wildman–Crippen MR) is 349 cm³/mol. The Morgan fingerprint density at radius 3 is 0.816 bits per heavy atom. The minimum Gasteiger partial charge on any atom is -0.462 e. The molecule has 0 aromatic rings. The lowest BCUT2D eigenvalue weighted by Gasteiger charge is -2.21. The maximum absolute atomic E-state index is 13.0. The number of carbonyl (C=O) groups excluding carboxylic acids is 4. The van der Waals surface area contributed by atoms with Gasteiger partial charge in [0, 0.05) is 25.7 Å². The normalized spacial score (nSPS) is 14.8. The van der Waals surface area contributed by atoms with Crippen molar-refractivity contribution in [3.63, 3.8) is 0 Å². The summed E-state index contributed by atoms with van der Waals surface area (Å²) in [5, 5.41) is 10.6. The van der Waals surface area contributed by atoms with Gasteiger partial charge in [-0.25, -0.2) is 9.13 Å². The van der Waals surface area contributed by atoms with Gasteiger partial charge in [0.15, 0.2) is 12.2 Å². The molecule has 0 saturated carbocycles. The lowest BCUT2D eigenvalue weighted by molar-refractivity contribution is -0.161. The van der Waals surface area contributed by atoms with Gasteiger partial charge in [0.05, 0.1) is 26.4 Å². The fourth-order valence-corrected chi connectivity index (χ4v) is 11.8. The van der Waals surface area contributed by atoms with E-state index in [9.17, 15) is 43.2 Å². The summed E-state index contributed by atoms with van der Waals surface area (Å²) in [6.07, 6.45) is 44.4. The summed E-state index contributed by atoms with van der Waals surface area (Å²) in [5.41, 5.74) is 0. The summed E-state index contributed by atoms with van der Waals surface area (Å²) in [7, 11) is -9.90. The van der Waals surface area contributed by atoms with Crippen molar-refractivity contribution >= 4 is 39.5 Å². The first-order chi connectivity index (χ1) is 41.9. The molecule has 0 spiro atoms. The molecule has 0 fully saturated rings. The van der Waals surface area contributed by atoms with Crippen molar-refractivity contribution in [1.82, 2.24) is 0 Å². The molecular weight excluding hydrogens is 1150 g/mol. The molecule has 0 bridgehead atoms. The molecule has 0 heterocycles. The molecule has 0 aliphatic carbocycles. The maximum atomic E-state index is 13.0. The molecule has 516 valence electrons. The van der Waals surface area contributed by atoms with Gasteiger partial charge in [-0.15, -0.1) is 0 Å². The fraction of sp³-hybridized carbons (Fsp3) is 0.941. The van der Waals surface area contributed by atoms with Crippen LogP contribution < -0.4 is 0 Å². The van der Waals surface area contributed by atoms with Crippen LogP contribution in [0.5, 0.6) is 0 Å². The lowest BCUT2D eigenvalue weighted by Crippen LogP contribution is -2.30. The van der Waals surface area contributed by atoms with Crippen LogP contribution >= 0.6 is 15.6 Å². The average molecular weight is 1280 g/mol. The van der Waals surface area contributed by atoms with Crippen molar-refractivity contribution in [2.75, 3.05) is 39.6 Å². The van der Waals surface area contributed by atoms with E-state index in [2.05, 4.69) is 41.5 Å². The third-order valence-electron chi connectivity index (χ3n) is 16.4. The van der Waals surface area contributed by atoms with Gasteiger partial charge in [0.25, 0.3) is 0 Å². The second-order valence-corrected chi connectivity index (χ2v) is 28.0. The summed E-state index contributed by atoms with van der Waals surface area (Å²) in [6, 6.07) is 0. The van der Waals surface area contributed by atoms with E-state index in [4.69, 9.17) is 37.0 Å². The van der Waals surface area contributed by atoms with Crippen molar-refractivity contribution in [2.45, 2.75) is 362 Å². The minimum atomic E-state index is -4.95. The van der Waals surface area contributed by atoms with Gasteiger partial charge in [-0.3, -0.25) is 37.3 Å². The second kappa shape index (κ2) is 60.3. The standard InChI is InChI=1S/C68H132O17P2/c1-7-11-13-15-17-19-21-23-24-25-27-29-31-40-46-52-67(72)84-63(56-78-65(70)50-44-38-30-28-26-22-20-18-16-14-12-8-2)58-82-86(74,75)80-54-62(69)55-81-87(76,77)83-59-64(85-68(73)53-47-41-35-33-37-43-49-61(6)10-4)57-79-66(71)51-45-39-34-32-36-42-48-60(5)9-3/h60-64,69H,7-59H2,1-6H3,(H,74,75)(H,76,77)/t60?,61?,62-,63-,64-/m1/s1. The molecule has 17 nitrogen and oxygen atoms in total. The van der Waals surface area contributed by atoms with Gasteiger partial charge < -0.3 is 33.8 Å². The number of hydrogen-bond donors (Lipinski definition) is 3. The molecule has 0 aromatic heterocycles. The molecule has 3 N–H and O–H groups in total. The monoisotopic (exact) mass is 1280 g/mol. The molecule has 0 aromatic carbocycles. The van der Waals surface area contributed by atoms with Gasteiger partial charge >= 0.3 is 39.5 Å². The molecule has 7 atom stereocenters. The highest BCUT2D eigenvalue weighted by molar-refractivity contribution is 7.47. The number of aliphatic hydroxyl groups is 1. The first-order valence-electron chi connectivity index (χ1n) is 35.6. The number of phosphoric acid groups is 2. The van der Waals surface area contributed by atoms with Gasteiger partial charge in [-0.05, 0) is 37.5 Å². The highest BCUT2D eigenvalue weighted by atomic mass is 31.2. The molecule has 0 aliphatic rings. The number of esters is 4. The highest BCUT2D eigenvalue weighted by Crippen LogP contribution is 2.45. The zero-order valence-corrected chi connectivity index (χ0v) is 58.1. The quantitative estimate of drug-likeness (QED) is 0.0222. The zero-order valence-electron chi connectivity index (χ0n) is 56.3. The van der Waals surface area contributed by atoms with Crippen LogP contribution in [-0.2, 0) is 65.4 Å². The van der Waals surface area contributed by atoms with Crippen molar-refractivity contribution in [2.24, 2.45) is 11.8 Å². The van der Waals surface area contributed by atoms with Gasteiger partial charge in [-0.1, -0.05) is 292 Å². The van der Waals surface area contributed by atoms with Gasteiger partial charge in [0.2, 0.25) is 0 Å². The van der Waals surface area contributed by atoms with E-state index >= 15 is 0 Å². The Labute approximate surface area is 530 Å². The summed E-state index contributed by atoms with van der Waals surface area (Å²) in [6.45, 7) is 9.44. The number of aliphatic hydroxyl groups excluding tert-OH is 1. The van der Waals surface area contributed by atoms with Crippen LogP contribution in [0.2, 0.25) is 0 Å². The average Bonchev–Trinajstić information content (AvgIpc) is 3.71. The van der Waals surface area contributed by atoms with Crippen LogP contribution in [0.4, 0.5) is 0 Å². The van der Waals surface area contributed by atoms with Crippen LogP contribution in [0.15, 0.2) is 0 Å². The van der Waals surface area contributed by atoms with E-state index in [0.29, 0.717) is 25.7 Å². The Balaban J connectivity index is 5.25. The number of hydrogen-bond acceptors (Lipinski definition) is 15. The molecule has 0 radical (unpaired) electrons. The Morgan fingerprint density at radius 1 is 0.322 bits per heavy atom. The smallest absolute Gasteiger partial charge is 0.462 e. The van der Waals surface area contributed by atoms with Gasteiger partial charge in [0.1, 0.15) is 19.3 Å². The molecule has 4 unspecified atom stereocenters. The van der Waals surface area contributed by atoms with E-state index in [1.54, 1.807) is 0 Å². The Morgan fingerprint density at radius 2 is 0.552 bits per heavy atom. The fourth-order valence-electron chi connectivity index (χ4n) is 10.2. The minimum absolute atomic E-state index is 0.102. The molecular formula is C68H132O17P2. The number of carbonyl (C=O) groups is 4. The molecule has 0 saturated heterocycles. The van der Waals surface area contributed by atoms with Crippen LogP contribution in [0.3, 0.4) is 0 Å². The van der Waals surface area contributed by atoms with Crippen LogP contribution in [0, 0.1) is 11.8 Å². The maximum Gasteiger partial charge on any atom is 0.472 e. The summed E-state index contributed by atoms with van der Waals surface area (Å²) >= 11 is 0. The van der Waals surface area contributed by atoms with E-state index < -0.39 is 97.5 Å². The van der Waals surface area contributed by atoms with Crippen molar-refractivity contribution in [3.8, 4) is 0 Å². The number of ether oxygens (including phenoxy) is 4. The molecule has 0 aliphatic heterocycles. The highest BCUT2D eigenvalue weighted by Gasteiger charge is 2.30. The van der Waals surface area contributed by atoms with Crippen LogP contribution in [0.1, 0.15) is 343 Å². The molecule has 19 heteroatoms. The lowest BCUT2D eigenvalue weighted by atomic mass is 10.00. The van der Waals surface area contributed by atoms with E-state index in [1.165, 1.54) is 154 Å². The summed E-state index contributed by atoms with van der Waals surface area (Å²) in [4.78, 5) is 72.4. The van der Waals surface area contributed by atoms with Crippen molar-refractivity contribution in [1.29, 1.82) is 0 Å². The van der Waals surface area contributed by atoms with E-state index in [-0.39, 0.29) is 25.7 Å². The van der Waals surface area contributed by atoms with Gasteiger partial charge in [-0.2, -0.15) is 0 Å². The molecule has 0 rings (SSSR count). The Bertz CT molecular complexity index is 1700. The largest absolute Gasteiger partial charge is 0.472 e. The Hall–Kier alpha value is -1.94. The molecule has 87 heavy (non-hydrogen) atoms. The van der Waals surface area contributed by atoms with Crippen LogP contribution in [0.25, 0.3) is 0 Å². The van der Waals surface area contributed by atoms with Crippen molar-refractivity contribution in [3.05, 3.63) is 0 Å². The van der Waals surface area contributed by atoms with E-state index in [0.717, 1.165) is 108 Å². The summed E-state index contributed by atoms with van der Waals surface area (Å²) < 4.78 is 68.2. The predicted octanol–water partition coefficient (Wildman–Crippen LogP) is 19.2. The summed E-state index contributed by atoms with van der Waals surface area (Å²) in [5.74, 6) is -0.678. The molecule has 0 amide bonds. The first-order valence-corrected chi connectivity index (χ1v) is 38.6. The topological polar surface area (TPSA) is 237 Å². The SMILES string of the molecule is CCCCCCCCCCCCCCCCCC(=O)O[C@H](COC(=O)CCCCCCCCCCCCCC)COP(=O)(O)OC[C@@H](O)COP(=O)(O)OC[C@@H](COC(=O)CCCCCCCCC(C)CC)OC(=O)CCCCCCCCC(C)CC. The number of rotatable bonds is 67. The first kappa shape index (κ1) is 85.1. The van der Waals surface area contributed by atoms with E-state index in [1.807, 2.05) is 0 Å². The zero-order chi connectivity index (χ0) is 64.3. The van der Waals surface area contributed by atoms with Crippen molar-refractivity contribution < 1.29 is 80.2 Å². The number of unbranched alkanes of at least 4 members (excludes halogenated alkanes) is 35. The third kappa shape index (κ3) is 60.1. The van der Waals surface area contributed by atoms with Crippen LogP contribution in [-0.4, -0.2) is 96.7 Å². The number of phosphoric ester groups is 2. The Kier molecular flexibility index (Phi) is 59.0.